The summed E-state index contributed by atoms with van der Waals surface area (Å²) in [6, 6.07) is 18.7. The van der Waals surface area contributed by atoms with Gasteiger partial charge in [-0.05, 0) is 24.1 Å². The van der Waals surface area contributed by atoms with Crippen LogP contribution in [0.2, 0.25) is 0 Å². The van der Waals surface area contributed by atoms with Crippen LogP contribution in [0.5, 0.6) is 0 Å². The Bertz CT molecular complexity index is 552. The molecule has 0 saturated heterocycles. The minimum atomic E-state index is -0.178. The van der Waals surface area contributed by atoms with E-state index >= 15 is 0 Å². The number of hydrogen-bond acceptors (Lipinski definition) is 2. The highest BCUT2D eigenvalue weighted by atomic mass is 16.1. The van der Waals surface area contributed by atoms with Gasteiger partial charge in [-0.15, -0.1) is 0 Å². The Labute approximate surface area is 118 Å². The lowest BCUT2D eigenvalue weighted by Gasteiger charge is -2.16. The Kier molecular flexibility index (Phi) is 5.07. The molecule has 0 aliphatic rings. The number of benzene rings is 2. The number of hydrogen-bond donors (Lipinski definition) is 1. The van der Waals surface area contributed by atoms with Crippen molar-refractivity contribution >= 4 is 12.2 Å². The van der Waals surface area contributed by atoms with Gasteiger partial charge in [0.15, 0.2) is 0 Å². The van der Waals surface area contributed by atoms with E-state index in [0.717, 1.165) is 11.8 Å². The zero-order chi connectivity index (χ0) is 14.2. The van der Waals surface area contributed by atoms with Crippen molar-refractivity contribution in [3.8, 4) is 0 Å². The van der Waals surface area contributed by atoms with E-state index in [1.165, 1.54) is 0 Å². The molecule has 2 aromatic carbocycles. The van der Waals surface area contributed by atoms with Crippen LogP contribution in [0.3, 0.4) is 0 Å². The van der Waals surface area contributed by atoms with Gasteiger partial charge in [-0.1, -0.05) is 48.5 Å². The first-order valence-electron chi connectivity index (χ1n) is 6.63. The van der Waals surface area contributed by atoms with Gasteiger partial charge in [-0.2, -0.15) is 0 Å². The molecule has 20 heavy (non-hydrogen) atoms. The van der Waals surface area contributed by atoms with Crippen LogP contribution in [0.25, 0.3) is 0 Å². The average Bonchev–Trinajstić information content (AvgIpc) is 2.49. The van der Waals surface area contributed by atoms with Crippen LogP contribution in [0.15, 0.2) is 60.7 Å². The summed E-state index contributed by atoms with van der Waals surface area (Å²) in [6.45, 7) is 0. The van der Waals surface area contributed by atoms with Gasteiger partial charge < -0.3 is 10.1 Å². The lowest BCUT2D eigenvalue weighted by molar-refractivity contribution is -0.108. The summed E-state index contributed by atoms with van der Waals surface area (Å²) < 4.78 is 0. The van der Waals surface area contributed by atoms with Crippen LogP contribution in [0, 0.1) is 0 Å². The average molecular weight is 267 g/mol. The summed E-state index contributed by atoms with van der Waals surface area (Å²) in [7, 11) is 0. The zero-order valence-corrected chi connectivity index (χ0v) is 11.2. The van der Waals surface area contributed by atoms with Gasteiger partial charge in [-0.25, -0.2) is 0 Å². The minimum absolute atomic E-state index is 0.145. The molecule has 0 radical (unpaired) electrons. The minimum Gasteiger partial charge on any atom is -0.349 e. The van der Waals surface area contributed by atoms with Gasteiger partial charge >= 0.3 is 0 Å². The van der Waals surface area contributed by atoms with Gasteiger partial charge in [0.05, 0.1) is 0 Å². The van der Waals surface area contributed by atoms with Crippen molar-refractivity contribution in [2.75, 3.05) is 0 Å². The van der Waals surface area contributed by atoms with Gasteiger partial charge in [0.2, 0.25) is 0 Å². The van der Waals surface area contributed by atoms with Gasteiger partial charge in [0.1, 0.15) is 6.29 Å². The van der Waals surface area contributed by atoms with Crippen molar-refractivity contribution in [2.45, 2.75) is 18.9 Å². The Morgan fingerprint density at radius 2 is 1.60 bits per heavy atom. The second-order valence-corrected chi connectivity index (χ2v) is 4.63. The maximum Gasteiger partial charge on any atom is 0.251 e. The molecule has 0 heterocycles. The van der Waals surface area contributed by atoms with Crippen LogP contribution in [-0.4, -0.2) is 18.2 Å². The molecule has 0 aliphatic carbocycles. The molecule has 1 N–H and O–H groups in total. The fourth-order valence-electron chi connectivity index (χ4n) is 2.07. The lowest BCUT2D eigenvalue weighted by Crippen LogP contribution is -2.36. The van der Waals surface area contributed by atoms with Gasteiger partial charge in [0, 0.05) is 18.0 Å². The summed E-state index contributed by atoms with van der Waals surface area (Å²) in [5.41, 5.74) is 1.71. The number of rotatable bonds is 6. The summed E-state index contributed by atoms with van der Waals surface area (Å²) in [6.07, 6.45) is 1.81. The normalized spacial score (nSPS) is 11.6. The molecule has 0 spiro atoms. The molecule has 0 bridgehead atoms. The molecule has 0 saturated carbocycles. The summed E-state index contributed by atoms with van der Waals surface area (Å²) in [5.74, 6) is -0.145. The Balaban J connectivity index is 2.02. The second kappa shape index (κ2) is 7.24. The third-order valence-corrected chi connectivity index (χ3v) is 3.08. The highest BCUT2D eigenvalue weighted by Gasteiger charge is 2.13. The monoisotopic (exact) mass is 267 g/mol. The largest absolute Gasteiger partial charge is 0.349 e. The molecule has 1 amide bonds. The molecule has 0 aliphatic heterocycles. The first-order chi connectivity index (χ1) is 9.79. The zero-order valence-electron chi connectivity index (χ0n) is 11.2. The van der Waals surface area contributed by atoms with E-state index in [0.29, 0.717) is 18.4 Å². The number of carbonyl (C=O) groups excluding carboxylic acids is 2. The molecular weight excluding hydrogens is 250 g/mol. The number of amides is 1. The third kappa shape index (κ3) is 4.05. The topological polar surface area (TPSA) is 46.2 Å². The summed E-state index contributed by atoms with van der Waals surface area (Å²) >= 11 is 0. The molecule has 3 nitrogen and oxygen atoms in total. The Morgan fingerprint density at radius 1 is 1.00 bits per heavy atom. The van der Waals surface area contributed by atoms with E-state index in [1.54, 1.807) is 12.1 Å². The van der Waals surface area contributed by atoms with E-state index in [-0.39, 0.29) is 11.9 Å². The van der Waals surface area contributed by atoms with E-state index in [1.807, 2.05) is 48.5 Å². The number of aldehydes is 1. The van der Waals surface area contributed by atoms with Crippen LogP contribution in [0.1, 0.15) is 22.3 Å². The van der Waals surface area contributed by atoms with Crippen molar-refractivity contribution in [1.82, 2.24) is 5.32 Å². The SMILES string of the molecule is O=CC[C@@H](Cc1ccccc1)NC(=O)c1ccccc1. The van der Waals surface area contributed by atoms with Crippen molar-refractivity contribution < 1.29 is 9.59 Å². The molecule has 3 heteroatoms. The van der Waals surface area contributed by atoms with Crippen LogP contribution in [0.4, 0.5) is 0 Å². The van der Waals surface area contributed by atoms with Crippen molar-refractivity contribution in [3.05, 3.63) is 71.8 Å². The molecule has 2 rings (SSSR count). The van der Waals surface area contributed by atoms with Crippen molar-refractivity contribution in [2.24, 2.45) is 0 Å². The molecule has 0 unspecified atom stereocenters. The molecule has 0 aromatic heterocycles. The maximum atomic E-state index is 12.1. The van der Waals surface area contributed by atoms with Crippen LogP contribution < -0.4 is 5.32 Å². The quantitative estimate of drug-likeness (QED) is 0.818. The standard InChI is InChI=1S/C17H17NO2/c19-12-11-16(13-14-7-3-1-4-8-14)18-17(20)15-9-5-2-6-10-15/h1-10,12,16H,11,13H2,(H,18,20)/t16-/m0/s1. The van der Waals surface area contributed by atoms with E-state index < -0.39 is 0 Å². The fourth-order valence-corrected chi connectivity index (χ4v) is 2.07. The molecule has 2 aromatic rings. The fraction of sp³-hybridized carbons (Fsp3) is 0.176. The van der Waals surface area contributed by atoms with Crippen LogP contribution in [-0.2, 0) is 11.2 Å². The van der Waals surface area contributed by atoms with E-state index in [9.17, 15) is 9.59 Å². The van der Waals surface area contributed by atoms with Gasteiger partial charge in [-0.3, -0.25) is 4.79 Å². The summed E-state index contributed by atoms with van der Waals surface area (Å²) in [5, 5.41) is 2.91. The smallest absolute Gasteiger partial charge is 0.251 e. The predicted octanol–water partition coefficient (Wildman–Crippen LogP) is 2.62. The predicted molar refractivity (Wildman–Crippen MR) is 78.5 cm³/mol. The molecule has 1 atom stereocenters. The lowest BCUT2D eigenvalue weighted by atomic mass is 10.0. The Hall–Kier alpha value is -2.42. The molecule has 102 valence electrons. The van der Waals surface area contributed by atoms with Crippen LogP contribution >= 0.6 is 0 Å². The number of nitrogens with one attached hydrogen (secondary N) is 1. The second-order valence-electron chi connectivity index (χ2n) is 4.63. The van der Waals surface area contributed by atoms with Crippen molar-refractivity contribution in [1.29, 1.82) is 0 Å². The highest BCUT2D eigenvalue weighted by molar-refractivity contribution is 5.94. The van der Waals surface area contributed by atoms with Gasteiger partial charge in [0.25, 0.3) is 5.91 Å². The maximum absolute atomic E-state index is 12.1. The molecular formula is C17H17NO2. The van der Waals surface area contributed by atoms with Crippen molar-refractivity contribution in [3.63, 3.8) is 0 Å². The third-order valence-electron chi connectivity index (χ3n) is 3.08. The van der Waals surface area contributed by atoms with E-state index in [2.05, 4.69) is 5.32 Å². The highest BCUT2D eigenvalue weighted by Crippen LogP contribution is 2.07. The number of carbonyl (C=O) groups is 2. The first-order valence-corrected chi connectivity index (χ1v) is 6.63. The Morgan fingerprint density at radius 3 is 2.20 bits per heavy atom. The summed E-state index contributed by atoms with van der Waals surface area (Å²) in [4.78, 5) is 22.9. The van der Waals surface area contributed by atoms with E-state index in [4.69, 9.17) is 0 Å². The molecule has 0 fully saturated rings. The first kappa shape index (κ1) is 14.0.